The molecule has 0 aliphatic rings. The molecule has 0 spiro atoms. The van der Waals surface area contributed by atoms with Crippen molar-refractivity contribution in [2.75, 3.05) is 13.2 Å². The molecule has 0 aromatic heterocycles. The van der Waals surface area contributed by atoms with E-state index in [4.69, 9.17) is 23.4 Å². The first-order valence-electron chi connectivity index (χ1n) is 18.7. The molecule has 0 bridgehead atoms. The van der Waals surface area contributed by atoms with Gasteiger partial charge in [0, 0.05) is 23.1 Å². The van der Waals surface area contributed by atoms with Crippen molar-refractivity contribution in [2.45, 2.75) is 45.4 Å². The molecule has 8 nitrogen and oxygen atoms in total. The minimum atomic E-state index is -2.96. The van der Waals surface area contributed by atoms with Crippen molar-refractivity contribution in [3.63, 3.8) is 0 Å². The van der Waals surface area contributed by atoms with Crippen molar-refractivity contribution < 1.29 is 28.2 Å². The highest BCUT2D eigenvalue weighted by molar-refractivity contribution is 6.99. The monoisotopic (exact) mass is 772 g/mol. The Kier molecular flexibility index (Phi) is 13.2. The van der Waals surface area contributed by atoms with Crippen LogP contribution in [0.3, 0.4) is 0 Å². The number of rotatable bonds is 16. The SMILES string of the molecule is CC(C)(C)[Si](OCc1cc(OCc2ccccc2)c(Cc2cc(OC(=O)c3ccccc3)ccc2OCC#N)cc1OCC#N)(c1ccccc1)c1ccccc1. The zero-order valence-corrected chi connectivity index (χ0v) is 33.3. The first kappa shape index (κ1) is 40.0. The highest BCUT2D eigenvalue weighted by Crippen LogP contribution is 2.40. The van der Waals surface area contributed by atoms with E-state index in [1.807, 2.05) is 91.0 Å². The van der Waals surface area contributed by atoms with Crippen LogP contribution in [0.5, 0.6) is 23.0 Å². The zero-order valence-electron chi connectivity index (χ0n) is 32.3. The Hall–Kier alpha value is -6.65. The number of hydrogen-bond donors (Lipinski definition) is 0. The molecule has 0 aliphatic heterocycles. The molecule has 6 aromatic rings. The molecule has 0 saturated heterocycles. The van der Waals surface area contributed by atoms with Crippen LogP contribution in [0.25, 0.3) is 0 Å². The fourth-order valence-electron chi connectivity index (χ4n) is 6.91. The Morgan fingerprint density at radius 3 is 1.67 bits per heavy atom. The molecule has 0 N–H and O–H groups in total. The molecule has 0 heterocycles. The summed E-state index contributed by atoms with van der Waals surface area (Å²) in [5.74, 6) is 1.30. The van der Waals surface area contributed by atoms with Crippen LogP contribution < -0.4 is 29.3 Å². The summed E-state index contributed by atoms with van der Waals surface area (Å²) in [5, 5.41) is 21.0. The van der Waals surface area contributed by atoms with Crippen LogP contribution in [0.4, 0.5) is 0 Å². The summed E-state index contributed by atoms with van der Waals surface area (Å²) in [6, 6.07) is 52.4. The Morgan fingerprint density at radius 1 is 0.579 bits per heavy atom. The molecule has 0 atom stereocenters. The Bertz CT molecular complexity index is 2300. The molecular formula is C48H44N2O6Si. The quantitative estimate of drug-likeness (QED) is 0.0545. The van der Waals surface area contributed by atoms with Crippen molar-refractivity contribution in [2.24, 2.45) is 0 Å². The summed E-state index contributed by atoms with van der Waals surface area (Å²) in [7, 11) is -2.96. The number of carbonyl (C=O) groups is 1. The summed E-state index contributed by atoms with van der Waals surface area (Å²) in [4.78, 5) is 13.0. The number of benzene rings is 6. The Balaban J connectivity index is 1.43. The van der Waals surface area contributed by atoms with E-state index >= 15 is 0 Å². The fraction of sp³-hybridized carbons (Fsp3) is 0.188. The number of nitriles is 2. The largest absolute Gasteiger partial charge is 0.489 e. The molecule has 6 rings (SSSR count). The van der Waals surface area contributed by atoms with Crippen molar-refractivity contribution in [1.82, 2.24) is 0 Å². The van der Waals surface area contributed by atoms with Gasteiger partial charge < -0.3 is 23.4 Å². The van der Waals surface area contributed by atoms with Crippen LogP contribution in [-0.2, 0) is 24.1 Å². The average Bonchev–Trinajstić information content (AvgIpc) is 3.23. The molecule has 0 radical (unpaired) electrons. The average molecular weight is 773 g/mol. The minimum absolute atomic E-state index is 0.178. The van der Waals surface area contributed by atoms with Gasteiger partial charge in [-0.25, -0.2) is 4.79 Å². The van der Waals surface area contributed by atoms with Crippen molar-refractivity contribution in [3.8, 4) is 35.1 Å². The van der Waals surface area contributed by atoms with E-state index in [0.717, 1.165) is 27.1 Å². The van der Waals surface area contributed by atoms with Gasteiger partial charge in [-0.05, 0) is 63.4 Å². The molecule has 286 valence electrons. The van der Waals surface area contributed by atoms with Crippen LogP contribution in [0.15, 0.2) is 152 Å². The third-order valence-electron chi connectivity index (χ3n) is 9.56. The van der Waals surface area contributed by atoms with Crippen LogP contribution in [0.2, 0.25) is 5.04 Å². The maximum atomic E-state index is 13.0. The second-order valence-electron chi connectivity index (χ2n) is 14.4. The van der Waals surface area contributed by atoms with Crippen LogP contribution in [0.1, 0.15) is 53.4 Å². The second-order valence-corrected chi connectivity index (χ2v) is 18.7. The highest BCUT2D eigenvalue weighted by atomic mass is 28.4. The van der Waals surface area contributed by atoms with Crippen LogP contribution >= 0.6 is 0 Å². The van der Waals surface area contributed by atoms with E-state index in [1.165, 1.54) is 0 Å². The van der Waals surface area contributed by atoms with Gasteiger partial charge in [0.05, 0.1) is 12.2 Å². The number of hydrogen-bond acceptors (Lipinski definition) is 8. The highest BCUT2D eigenvalue weighted by Gasteiger charge is 2.50. The molecule has 9 heteroatoms. The van der Waals surface area contributed by atoms with Crippen LogP contribution in [-0.4, -0.2) is 27.5 Å². The van der Waals surface area contributed by atoms with Crippen LogP contribution in [0, 0.1) is 22.7 Å². The van der Waals surface area contributed by atoms with E-state index in [9.17, 15) is 15.3 Å². The molecule has 0 unspecified atom stereocenters. The van der Waals surface area contributed by atoms with Gasteiger partial charge in [0.2, 0.25) is 0 Å². The Morgan fingerprint density at radius 2 is 1.09 bits per heavy atom. The zero-order chi connectivity index (χ0) is 40.1. The summed E-state index contributed by atoms with van der Waals surface area (Å²) in [6.45, 7) is 6.77. The van der Waals surface area contributed by atoms with Gasteiger partial charge >= 0.3 is 5.97 Å². The van der Waals surface area contributed by atoms with Gasteiger partial charge in [-0.2, -0.15) is 10.5 Å². The minimum Gasteiger partial charge on any atom is -0.489 e. The first-order valence-corrected chi connectivity index (χ1v) is 20.6. The first-order chi connectivity index (χ1) is 27.7. The number of ether oxygens (including phenoxy) is 4. The maximum absolute atomic E-state index is 13.0. The third-order valence-corrected chi connectivity index (χ3v) is 14.5. The molecule has 57 heavy (non-hydrogen) atoms. The van der Waals surface area contributed by atoms with E-state index in [-0.39, 0.29) is 37.9 Å². The summed E-state index contributed by atoms with van der Waals surface area (Å²) >= 11 is 0. The smallest absolute Gasteiger partial charge is 0.343 e. The molecule has 6 aromatic carbocycles. The third kappa shape index (κ3) is 9.78. The normalized spacial score (nSPS) is 11.2. The van der Waals surface area contributed by atoms with Crippen molar-refractivity contribution in [1.29, 1.82) is 10.5 Å². The summed E-state index contributed by atoms with van der Waals surface area (Å²) in [6.07, 6.45) is 0.250. The number of esters is 1. The van der Waals surface area contributed by atoms with Gasteiger partial charge in [-0.15, -0.1) is 0 Å². The fourth-order valence-corrected chi connectivity index (χ4v) is 11.4. The molecule has 0 amide bonds. The topological polar surface area (TPSA) is 111 Å². The molecular weight excluding hydrogens is 729 g/mol. The standard InChI is InChI=1S/C48H44N2O6Si/c1-48(2,3)57(42-20-12-6-13-21-42,43-22-14-7-15-23-43)55-35-40-33-45(54-34-36-16-8-4-9-17-36)39(32-46(40)53-29-27-50)30-38-31-41(24-25-44(38)52-28-26-49)56-47(51)37-18-10-5-11-19-37/h4-25,31-33H,28-30,34-35H2,1-3H3. The van der Waals surface area contributed by atoms with Crippen molar-refractivity contribution in [3.05, 3.63) is 179 Å². The van der Waals surface area contributed by atoms with Gasteiger partial charge in [0.1, 0.15) is 41.7 Å². The van der Waals surface area contributed by atoms with Crippen molar-refractivity contribution >= 4 is 24.7 Å². The van der Waals surface area contributed by atoms with E-state index in [2.05, 4.69) is 51.1 Å². The predicted octanol–water partition coefficient (Wildman–Crippen LogP) is 8.96. The van der Waals surface area contributed by atoms with Gasteiger partial charge in [-0.1, -0.05) is 130 Å². The predicted molar refractivity (Wildman–Crippen MR) is 222 cm³/mol. The number of carbonyl (C=O) groups excluding carboxylic acids is 1. The lowest BCUT2D eigenvalue weighted by atomic mass is 10.00. The molecule has 0 saturated carbocycles. The number of nitrogens with zero attached hydrogens (tertiary/aromatic N) is 2. The summed E-state index contributed by atoms with van der Waals surface area (Å²) in [5.41, 5.74) is 3.48. The second kappa shape index (κ2) is 18.8. The lowest BCUT2D eigenvalue weighted by Gasteiger charge is -2.43. The van der Waals surface area contributed by atoms with Gasteiger partial charge in [0.25, 0.3) is 8.32 Å². The summed E-state index contributed by atoms with van der Waals surface area (Å²) < 4.78 is 31.7. The molecule has 0 fully saturated rings. The van der Waals surface area contributed by atoms with Gasteiger partial charge in [-0.3, -0.25) is 0 Å². The maximum Gasteiger partial charge on any atom is 0.343 e. The Labute approximate surface area is 335 Å². The lowest BCUT2D eigenvalue weighted by molar-refractivity contribution is 0.0734. The van der Waals surface area contributed by atoms with E-state index in [0.29, 0.717) is 34.1 Å². The lowest BCUT2D eigenvalue weighted by Crippen LogP contribution is -2.66. The molecule has 0 aliphatic carbocycles. The van der Waals surface area contributed by atoms with E-state index < -0.39 is 14.3 Å². The van der Waals surface area contributed by atoms with E-state index in [1.54, 1.807) is 42.5 Å². The van der Waals surface area contributed by atoms with Gasteiger partial charge in [0.15, 0.2) is 13.2 Å².